The molecule has 0 aliphatic rings. The molecule has 0 aromatic rings. The summed E-state index contributed by atoms with van der Waals surface area (Å²) in [7, 11) is 0. The Balaban J connectivity index is 0. The van der Waals surface area contributed by atoms with Crippen LogP contribution >= 0.6 is 0 Å². The van der Waals surface area contributed by atoms with Gasteiger partial charge in [0, 0.05) is 0 Å². The van der Waals surface area contributed by atoms with E-state index in [1.165, 1.54) is 0 Å². The molecule has 0 aromatic carbocycles. The van der Waals surface area contributed by atoms with Gasteiger partial charge in [-0.25, -0.2) is 0 Å². The van der Waals surface area contributed by atoms with E-state index in [0.29, 0.717) is 0 Å². The summed E-state index contributed by atoms with van der Waals surface area (Å²) >= 11 is -1.01. The van der Waals surface area contributed by atoms with Crippen molar-refractivity contribution in [3.05, 3.63) is 0 Å². The van der Waals surface area contributed by atoms with Crippen molar-refractivity contribution in [2.24, 2.45) is 0 Å². The molecule has 0 saturated carbocycles. The SMILES string of the molecule is C[CH](C)[Sn+]([CH](C)C)[CH](C)C.[I-]. The molecular weight excluding hydrogens is 354 g/mol. The molecule has 0 spiro atoms. The van der Waals surface area contributed by atoms with Gasteiger partial charge in [0.15, 0.2) is 0 Å². The second kappa shape index (κ2) is 6.98. The maximum atomic E-state index is 2.41. The van der Waals surface area contributed by atoms with E-state index in [-0.39, 0.29) is 24.0 Å². The third kappa shape index (κ3) is 5.72. The maximum absolute atomic E-state index is 2.41. The monoisotopic (exact) mass is 376 g/mol. The van der Waals surface area contributed by atoms with Gasteiger partial charge in [-0.15, -0.1) is 0 Å². The molecule has 0 unspecified atom stereocenters. The van der Waals surface area contributed by atoms with E-state index < -0.39 is 19.8 Å². The first-order valence-corrected chi connectivity index (χ1v) is 9.27. The van der Waals surface area contributed by atoms with E-state index in [0.717, 1.165) is 11.8 Å². The Morgan fingerprint density at radius 3 is 0.818 bits per heavy atom. The molecule has 0 atom stereocenters. The fourth-order valence-corrected chi connectivity index (χ4v) is 13.4. The zero-order valence-corrected chi connectivity index (χ0v) is 13.6. The molecule has 0 bridgehead atoms. The largest absolute Gasteiger partial charge is 1.00 e. The van der Waals surface area contributed by atoms with Gasteiger partial charge in [-0.2, -0.15) is 0 Å². The van der Waals surface area contributed by atoms with Crippen LogP contribution in [0.5, 0.6) is 0 Å². The molecule has 0 aliphatic carbocycles. The van der Waals surface area contributed by atoms with Gasteiger partial charge in [-0.1, -0.05) is 0 Å². The Labute approximate surface area is 96.3 Å². The Hall–Kier alpha value is 1.53. The van der Waals surface area contributed by atoms with Gasteiger partial charge in [-0.3, -0.25) is 0 Å². The first-order valence-electron chi connectivity index (χ1n) is 4.33. The van der Waals surface area contributed by atoms with Crippen molar-refractivity contribution in [1.29, 1.82) is 0 Å². The molecule has 0 heterocycles. The smallest absolute Gasteiger partial charge is 1.00 e. The van der Waals surface area contributed by atoms with Crippen LogP contribution in [0.15, 0.2) is 0 Å². The molecule has 0 saturated heterocycles. The van der Waals surface area contributed by atoms with Crippen molar-refractivity contribution in [2.75, 3.05) is 0 Å². The molecule has 0 fully saturated rings. The quantitative estimate of drug-likeness (QED) is 0.504. The van der Waals surface area contributed by atoms with Gasteiger partial charge < -0.3 is 24.0 Å². The Bertz CT molecular complexity index is 70.5. The average Bonchev–Trinajstić information content (AvgIpc) is 1.59. The normalized spacial score (nSPS) is 10.6. The van der Waals surface area contributed by atoms with Gasteiger partial charge in [0.1, 0.15) is 0 Å². The summed E-state index contributed by atoms with van der Waals surface area (Å²) in [5.74, 6) is 0. The van der Waals surface area contributed by atoms with Crippen LogP contribution in [0.3, 0.4) is 0 Å². The van der Waals surface area contributed by atoms with E-state index >= 15 is 0 Å². The molecule has 0 radical (unpaired) electrons. The van der Waals surface area contributed by atoms with Crippen molar-refractivity contribution in [2.45, 2.75) is 53.3 Å². The standard InChI is InChI=1S/3C3H7.HI.Sn/c3*1-3-2;;/h3*3H,1-2H3;1H;/q;;;;+1/p-1. The predicted molar refractivity (Wildman–Crippen MR) is 51.0 cm³/mol. The van der Waals surface area contributed by atoms with Crippen molar-refractivity contribution < 1.29 is 24.0 Å². The fraction of sp³-hybridized carbons (Fsp3) is 1.00. The zero-order chi connectivity index (χ0) is 8.31. The molecule has 0 aliphatic heterocycles. The Morgan fingerprint density at radius 1 is 0.636 bits per heavy atom. The van der Waals surface area contributed by atoms with Crippen LogP contribution in [-0.4, -0.2) is 19.8 Å². The first kappa shape index (κ1) is 15.0. The molecule has 0 nitrogen and oxygen atoms in total. The minimum Gasteiger partial charge on any atom is -1.00 e. The molecule has 68 valence electrons. The summed E-state index contributed by atoms with van der Waals surface area (Å²) in [5, 5.41) is 0. The molecular formula is C9H21ISn. The van der Waals surface area contributed by atoms with Gasteiger partial charge in [0.05, 0.1) is 0 Å². The minimum atomic E-state index is -1.01. The molecule has 0 N–H and O–H groups in total. The van der Waals surface area contributed by atoms with Crippen LogP contribution < -0.4 is 24.0 Å². The summed E-state index contributed by atoms with van der Waals surface area (Å²) in [6, 6.07) is 0. The van der Waals surface area contributed by atoms with Crippen molar-refractivity contribution >= 4 is 19.8 Å². The third-order valence-electron chi connectivity index (χ3n) is 2.00. The Kier molecular flexibility index (Phi) is 9.54. The van der Waals surface area contributed by atoms with Crippen molar-refractivity contribution in [3.8, 4) is 0 Å². The van der Waals surface area contributed by atoms with E-state index in [9.17, 15) is 0 Å². The summed E-state index contributed by atoms with van der Waals surface area (Å²) < 4.78 is 3.09. The second-order valence-corrected chi connectivity index (χ2v) is 16.7. The van der Waals surface area contributed by atoms with Crippen molar-refractivity contribution in [3.63, 3.8) is 0 Å². The average molecular weight is 375 g/mol. The molecule has 0 amide bonds. The van der Waals surface area contributed by atoms with Crippen LogP contribution in [0.1, 0.15) is 41.5 Å². The molecule has 2 heteroatoms. The molecule has 0 aromatic heterocycles. The van der Waals surface area contributed by atoms with Crippen LogP contribution in [0.4, 0.5) is 0 Å². The van der Waals surface area contributed by atoms with Gasteiger partial charge in [-0.05, 0) is 0 Å². The van der Waals surface area contributed by atoms with Crippen molar-refractivity contribution in [1.82, 2.24) is 0 Å². The molecule has 11 heavy (non-hydrogen) atoms. The number of hydrogen-bond acceptors (Lipinski definition) is 0. The van der Waals surface area contributed by atoms with Crippen LogP contribution in [-0.2, 0) is 0 Å². The minimum absolute atomic E-state index is 0. The van der Waals surface area contributed by atoms with Crippen LogP contribution in [0.2, 0.25) is 11.8 Å². The zero-order valence-electron chi connectivity index (χ0n) is 8.61. The summed E-state index contributed by atoms with van der Waals surface area (Å²) in [5.41, 5.74) is 0. The topological polar surface area (TPSA) is 0 Å². The van der Waals surface area contributed by atoms with Gasteiger partial charge in [0.2, 0.25) is 0 Å². The Morgan fingerprint density at radius 2 is 0.818 bits per heavy atom. The predicted octanol–water partition coefficient (Wildman–Crippen LogP) is 0.715. The maximum Gasteiger partial charge on any atom is -1.00 e. The second-order valence-electron chi connectivity index (χ2n) is 3.96. The van der Waals surface area contributed by atoms with E-state index in [1.807, 2.05) is 0 Å². The fourth-order valence-electron chi connectivity index (χ4n) is 2.00. The number of halogens is 1. The van der Waals surface area contributed by atoms with E-state index in [1.54, 1.807) is 0 Å². The molecule has 0 rings (SSSR count). The summed E-state index contributed by atoms with van der Waals surface area (Å²) in [6.45, 7) is 14.5. The summed E-state index contributed by atoms with van der Waals surface area (Å²) in [6.07, 6.45) is 0. The number of hydrogen-bond donors (Lipinski definition) is 0. The van der Waals surface area contributed by atoms with E-state index in [2.05, 4.69) is 41.5 Å². The van der Waals surface area contributed by atoms with Gasteiger partial charge in [0.25, 0.3) is 0 Å². The van der Waals surface area contributed by atoms with E-state index in [4.69, 9.17) is 0 Å². The van der Waals surface area contributed by atoms with Gasteiger partial charge >= 0.3 is 73.1 Å². The number of rotatable bonds is 3. The summed E-state index contributed by atoms with van der Waals surface area (Å²) in [4.78, 5) is 0. The third-order valence-corrected chi connectivity index (χ3v) is 13.4. The van der Waals surface area contributed by atoms with Crippen LogP contribution in [0, 0.1) is 0 Å². The first-order chi connectivity index (χ1) is 4.46. The van der Waals surface area contributed by atoms with Crippen LogP contribution in [0.25, 0.3) is 0 Å².